The number of urea groups is 1. The minimum atomic E-state index is -4.74. The van der Waals surface area contributed by atoms with Crippen LogP contribution in [0.5, 0.6) is 17.2 Å². The molecular weight excluding hydrogens is 565 g/mol. The molecule has 2 aromatic carbocycles. The predicted molar refractivity (Wildman–Crippen MR) is 148 cm³/mol. The van der Waals surface area contributed by atoms with E-state index in [4.69, 9.17) is 21.1 Å². The van der Waals surface area contributed by atoms with Crippen molar-refractivity contribution >= 4 is 34.9 Å². The number of hydrogen-bond donors (Lipinski definition) is 4. The first-order valence-corrected chi connectivity index (χ1v) is 13.0. The summed E-state index contributed by atoms with van der Waals surface area (Å²) in [6.07, 6.45) is -3.32. The van der Waals surface area contributed by atoms with Crippen LogP contribution in [-0.4, -0.2) is 68.2 Å². The Morgan fingerprint density at radius 3 is 2.56 bits per heavy atom. The lowest BCUT2D eigenvalue weighted by Gasteiger charge is -2.27. The van der Waals surface area contributed by atoms with Crippen LogP contribution in [0.4, 0.5) is 29.3 Å². The van der Waals surface area contributed by atoms with Gasteiger partial charge in [-0.25, -0.2) is 4.79 Å². The molecule has 2 heterocycles. The van der Waals surface area contributed by atoms with E-state index in [2.05, 4.69) is 31.2 Å². The fourth-order valence-electron chi connectivity index (χ4n) is 3.99. The summed E-state index contributed by atoms with van der Waals surface area (Å²) < 4.78 is 52.2. The molecule has 218 valence electrons. The number of hydrogen-bond acceptors (Lipinski definition) is 7. The second kappa shape index (κ2) is 13.5. The molecule has 1 aliphatic heterocycles. The molecule has 3 amide bonds. The highest BCUT2D eigenvalue weighted by Gasteiger charge is 2.34. The summed E-state index contributed by atoms with van der Waals surface area (Å²) in [6.45, 7) is 4.07. The normalized spacial score (nSPS) is 13.8. The van der Waals surface area contributed by atoms with Gasteiger partial charge in [-0.15, -0.1) is 0 Å². The summed E-state index contributed by atoms with van der Waals surface area (Å²) in [5.74, 6) is 0.295. The van der Waals surface area contributed by atoms with Crippen molar-refractivity contribution in [2.24, 2.45) is 0 Å². The molecule has 1 aromatic heterocycles. The van der Waals surface area contributed by atoms with E-state index in [0.717, 1.165) is 38.3 Å². The number of piperazine rings is 1. The number of carbonyl (C=O) groups excluding carboxylic acids is 2. The number of alkyl halides is 3. The van der Waals surface area contributed by atoms with Gasteiger partial charge >= 0.3 is 12.2 Å². The zero-order valence-electron chi connectivity index (χ0n) is 22.0. The highest BCUT2D eigenvalue weighted by Crippen LogP contribution is 2.40. The molecule has 4 N–H and O–H groups in total. The van der Waals surface area contributed by atoms with Crippen LogP contribution in [0.3, 0.4) is 0 Å². The first kappa shape index (κ1) is 29.9. The van der Waals surface area contributed by atoms with Crippen molar-refractivity contribution in [1.29, 1.82) is 0 Å². The predicted octanol–water partition coefficient (Wildman–Crippen LogP) is 4.83. The smallest absolute Gasteiger partial charge is 0.417 e. The summed E-state index contributed by atoms with van der Waals surface area (Å²) in [6, 6.07) is 10.3. The van der Waals surface area contributed by atoms with Crippen LogP contribution in [0.15, 0.2) is 54.7 Å². The first-order chi connectivity index (χ1) is 19.6. The van der Waals surface area contributed by atoms with Gasteiger partial charge in [-0.1, -0.05) is 17.7 Å². The van der Waals surface area contributed by atoms with E-state index >= 15 is 0 Å². The van der Waals surface area contributed by atoms with Crippen LogP contribution in [0.2, 0.25) is 5.02 Å². The van der Waals surface area contributed by atoms with Crippen molar-refractivity contribution < 1.29 is 32.2 Å². The lowest BCUT2D eigenvalue weighted by Crippen LogP contribution is -2.44. The van der Waals surface area contributed by atoms with Gasteiger partial charge in [-0.3, -0.25) is 14.7 Å². The van der Waals surface area contributed by atoms with Crippen molar-refractivity contribution in [2.45, 2.75) is 6.18 Å². The van der Waals surface area contributed by atoms with Crippen LogP contribution in [-0.2, 0) is 6.18 Å². The Bertz CT molecular complexity index is 1390. The lowest BCUT2D eigenvalue weighted by atomic mass is 10.1. The Morgan fingerprint density at radius 2 is 1.83 bits per heavy atom. The minimum absolute atomic E-state index is 0.00924. The Morgan fingerprint density at radius 1 is 1.07 bits per heavy atom. The molecule has 0 spiro atoms. The number of anilines is 2. The van der Waals surface area contributed by atoms with Crippen molar-refractivity contribution in [3.8, 4) is 17.2 Å². The molecule has 1 fully saturated rings. The zero-order chi connectivity index (χ0) is 29.4. The maximum absolute atomic E-state index is 13.5. The Balaban J connectivity index is 1.46. The van der Waals surface area contributed by atoms with Crippen LogP contribution < -0.4 is 30.7 Å². The molecule has 0 radical (unpaired) electrons. The average molecular weight is 593 g/mol. The number of carbonyl (C=O) groups is 2. The van der Waals surface area contributed by atoms with Gasteiger partial charge in [0.15, 0.2) is 0 Å². The highest BCUT2D eigenvalue weighted by atomic mass is 35.5. The number of nitrogens with one attached hydrogen (secondary N) is 4. The fraction of sp³-hybridized carbons (Fsp3) is 0.296. The molecule has 0 unspecified atom stereocenters. The molecular formula is C27H28ClF3N6O4. The van der Waals surface area contributed by atoms with E-state index in [-0.39, 0.29) is 29.6 Å². The Labute approximate surface area is 239 Å². The number of pyridine rings is 1. The third-order valence-electron chi connectivity index (χ3n) is 6.02. The van der Waals surface area contributed by atoms with Gasteiger partial charge in [0.1, 0.15) is 29.5 Å². The third kappa shape index (κ3) is 8.46. The molecule has 41 heavy (non-hydrogen) atoms. The van der Waals surface area contributed by atoms with E-state index in [9.17, 15) is 22.8 Å². The monoisotopic (exact) mass is 592 g/mol. The van der Waals surface area contributed by atoms with Crippen LogP contribution in [0, 0.1) is 0 Å². The topological polar surface area (TPSA) is 117 Å². The summed E-state index contributed by atoms with van der Waals surface area (Å²) in [7, 11) is 1.48. The number of nitrogens with zero attached hydrogens (tertiary/aromatic N) is 2. The van der Waals surface area contributed by atoms with E-state index in [1.807, 2.05) is 0 Å². The van der Waals surface area contributed by atoms with E-state index in [0.29, 0.717) is 23.7 Å². The number of ether oxygens (including phenoxy) is 2. The third-order valence-corrected chi connectivity index (χ3v) is 6.33. The molecule has 1 saturated heterocycles. The Kier molecular flexibility index (Phi) is 9.86. The average Bonchev–Trinajstić information content (AvgIpc) is 2.94. The maximum atomic E-state index is 13.5. The SMILES string of the molecule is CNC(=O)c1cc(Oc2cccc(NC(=O)Nc3cc(C(F)(F)F)c(Cl)cc3OCCN3CCNCC3)c2)ccn1. The first-order valence-electron chi connectivity index (χ1n) is 12.6. The fourth-order valence-corrected chi connectivity index (χ4v) is 4.25. The molecule has 1 aliphatic rings. The summed E-state index contributed by atoms with van der Waals surface area (Å²) in [5.41, 5.74) is -0.837. The Hall–Kier alpha value is -4.07. The second-order valence-electron chi connectivity index (χ2n) is 8.93. The zero-order valence-corrected chi connectivity index (χ0v) is 22.7. The molecule has 4 rings (SSSR count). The van der Waals surface area contributed by atoms with Crippen molar-refractivity contribution in [1.82, 2.24) is 20.5 Å². The molecule has 0 atom stereocenters. The molecule has 10 nitrogen and oxygen atoms in total. The quantitative estimate of drug-likeness (QED) is 0.281. The molecule has 14 heteroatoms. The molecule has 0 saturated carbocycles. The number of amides is 3. The van der Waals surface area contributed by atoms with Crippen LogP contribution in [0.25, 0.3) is 0 Å². The molecule has 3 aromatic rings. The molecule has 0 aliphatic carbocycles. The number of aromatic nitrogens is 1. The van der Waals surface area contributed by atoms with Crippen molar-refractivity contribution in [3.63, 3.8) is 0 Å². The summed E-state index contributed by atoms with van der Waals surface area (Å²) >= 11 is 5.91. The van der Waals surface area contributed by atoms with Gasteiger partial charge in [0.25, 0.3) is 5.91 Å². The van der Waals surface area contributed by atoms with Gasteiger partial charge in [0.05, 0.1) is 16.3 Å². The van der Waals surface area contributed by atoms with E-state index in [1.165, 1.54) is 25.4 Å². The standard InChI is InChI=1S/C27H28ClF3N6O4/c1-32-25(38)23-14-19(5-6-34-23)41-18-4-2-3-17(13-18)35-26(39)36-22-15-20(27(29,30)31)21(28)16-24(22)40-12-11-37-9-7-33-8-10-37/h2-6,13-16,33H,7-12H2,1H3,(H,32,38)(H2,35,36,39). The van der Waals surface area contributed by atoms with E-state index in [1.54, 1.807) is 24.3 Å². The van der Waals surface area contributed by atoms with E-state index < -0.39 is 22.8 Å². The van der Waals surface area contributed by atoms with Crippen molar-refractivity contribution in [3.05, 3.63) is 71.0 Å². The summed E-state index contributed by atoms with van der Waals surface area (Å²) in [4.78, 5) is 30.8. The largest absolute Gasteiger partial charge is 0.490 e. The van der Waals surface area contributed by atoms with Crippen molar-refractivity contribution in [2.75, 3.05) is 57.0 Å². The van der Waals surface area contributed by atoms with Gasteiger partial charge < -0.3 is 30.7 Å². The highest BCUT2D eigenvalue weighted by molar-refractivity contribution is 6.31. The summed E-state index contributed by atoms with van der Waals surface area (Å²) in [5, 5.41) is 10.2. The van der Waals surface area contributed by atoms with Gasteiger partial charge in [-0.2, -0.15) is 13.2 Å². The van der Waals surface area contributed by atoms with Crippen LogP contribution >= 0.6 is 11.6 Å². The van der Waals surface area contributed by atoms with Crippen LogP contribution in [0.1, 0.15) is 16.1 Å². The maximum Gasteiger partial charge on any atom is 0.417 e. The number of benzene rings is 2. The lowest BCUT2D eigenvalue weighted by molar-refractivity contribution is -0.137. The van der Waals surface area contributed by atoms with Gasteiger partial charge in [0.2, 0.25) is 0 Å². The number of halogens is 4. The minimum Gasteiger partial charge on any atom is -0.490 e. The number of rotatable bonds is 9. The second-order valence-corrected chi connectivity index (χ2v) is 9.34. The van der Waals surface area contributed by atoms with Gasteiger partial charge in [-0.05, 0) is 24.3 Å². The molecule has 0 bridgehead atoms. The van der Waals surface area contributed by atoms with Gasteiger partial charge in [0, 0.05) is 69.9 Å².